The van der Waals surface area contributed by atoms with E-state index in [1.54, 1.807) is 0 Å². The number of carboxylic acids is 1. The van der Waals surface area contributed by atoms with Crippen LogP contribution in [0.2, 0.25) is 0 Å². The number of rotatable bonds is 7. The van der Waals surface area contributed by atoms with Crippen LogP contribution in [-0.4, -0.2) is 30.8 Å². The first-order valence-electron chi connectivity index (χ1n) is 11.1. The zero-order valence-corrected chi connectivity index (χ0v) is 19.0. The SMILES string of the molecule is CN(CCC(=O)O)c1cccc(-c2cc(F)cc(OC3CCC(C(C)(C)C)CC3)c2)c1. The highest BCUT2D eigenvalue weighted by Crippen LogP contribution is 2.39. The van der Waals surface area contributed by atoms with Gasteiger partial charge in [-0.2, -0.15) is 0 Å². The molecule has 4 nitrogen and oxygen atoms in total. The molecule has 0 aromatic heterocycles. The lowest BCUT2D eigenvalue weighted by Gasteiger charge is -2.37. The molecule has 0 aliphatic heterocycles. The Balaban J connectivity index is 1.72. The maximum absolute atomic E-state index is 14.4. The smallest absolute Gasteiger partial charge is 0.305 e. The number of aliphatic carboxylic acids is 1. The van der Waals surface area contributed by atoms with E-state index in [1.165, 1.54) is 12.1 Å². The van der Waals surface area contributed by atoms with Gasteiger partial charge in [0.05, 0.1) is 12.5 Å². The summed E-state index contributed by atoms with van der Waals surface area (Å²) in [5.41, 5.74) is 2.85. The van der Waals surface area contributed by atoms with E-state index < -0.39 is 5.97 Å². The van der Waals surface area contributed by atoms with Crippen molar-refractivity contribution in [2.45, 2.75) is 59.0 Å². The average Bonchev–Trinajstić information content (AvgIpc) is 2.71. The first kappa shape index (κ1) is 23.1. The Bertz CT molecular complexity index is 898. The van der Waals surface area contributed by atoms with E-state index in [4.69, 9.17) is 9.84 Å². The molecule has 168 valence electrons. The van der Waals surface area contributed by atoms with Crippen LogP contribution in [0.4, 0.5) is 10.1 Å². The first-order valence-corrected chi connectivity index (χ1v) is 11.1. The third-order valence-corrected chi connectivity index (χ3v) is 6.35. The second-order valence-corrected chi connectivity index (χ2v) is 9.75. The molecule has 1 N–H and O–H groups in total. The van der Waals surface area contributed by atoms with Crippen molar-refractivity contribution >= 4 is 11.7 Å². The lowest BCUT2D eigenvalue weighted by atomic mass is 9.72. The quantitative estimate of drug-likeness (QED) is 0.556. The molecule has 3 rings (SSSR count). The molecule has 0 radical (unpaired) electrons. The fraction of sp³-hybridized carbons (Fsp3) is 0.500. The first-order chi connectivity index (χ1) is 14.6. The molecule has 0 unspecified atom stereocenters. The van der Waals surface area contributed by atoms with Gasteiger partial charge in [0.1, 0.15) is 11.6 Å². The summed E-state index contributed by atoms with van der Waals surface area (Å²) in [4.78, 5) is 12.7. The number of hydrogen-bond acceptors (Lipinski definition) is 3. The Hall–Kier alpha value is -2.56. The minimum absolute atomic E-state index is 0.0656. The number of benzene rings is 2. The van der Waals surface area contributed by atoms with Crippen LogP contribution < -0.4 is 9.64 Å². The van der Waals surface area contributed by atoms with Crippen LogP contribution in [0.15, 0.2) is 42.5 Å². The van der Waals surface area contributed by atoms with Gasteiger partial charge in [0.25, 0.3) is 0 Å². The summed E-state index contributed by atoms with van der Waals surface area (Å²) in [7, 11) is 1.86. The van der Waals surface area contributed by atoms with Crippen molar-refractivity contribution in [3.8, 4) is 16.9 Å². The number of carbonyl (C=O) groups is 1. The molecule has 0 atom stereocenters. The van der Waals surface area contributed by atoms with E-state index in [9.17, 15) is 9.18 Å². The summed E-state index contributed by atoms with van der Waals surface area (Å²) in [5, 5.41) is 8.91. The van der Waals surface area contributed by atoms with Crippen molar-refractivity contribution in [1.82, 2.24) is 0 Å². The van der Waals surface area contributed by atoms with Crippen molar-refractivity contribution in [3.05, 3.63) is 48.3 Å². The minimum Gasteiger partial charge on any atom is -0.490 e. The predicted molar refractivity (Wildman–Crippen MR) is 123 cm³/mol. The average molecular weight is 428 g/mol. The molecule has 0 heterocycles. The number of halogens is 1. The third kappa shape index (κ3) is 6.46. The second-order valence-electron chi connectivity index (χ2n) is 9.75. The van der Waals surface area contributed by atoms with Crippen molar-refractivity contribution in [2.75, 3.05) is 18.5 Å². The Kier molecular flexibility index (Phi) is 7.24. The van der Waals surface area contributed by atoms with Crippen LogP contribution in [-0.2, 0) is 4.79 Å². The number of ether oxygens (including phenoxy) is 1. The molecule has 31 heavy (non-hydrogen) atoms. The molecule has 0 bridgehead atoms. The number of anilines is 1. The van der Waals surface area contributed by atoms with Crippen molar-refractivity contribution < 1.29 is 19.0 Å². The van der Waals surface area contributed by atoms with Gasteiger partial charge >= 0.3 is 5.97 Å². The Morgan fingerprint density at radius 2 is 1.81 bits per heavy atom. The van der Waals surface area contributed by atoms with Gasteiger partial charge in [-0.25, -0.2) is 4.39 Å². The maximum Gasteiger partial charge on any atom is 0.305 e. The Morgan fingerprint density at radius 3 is 2.45 bits per heavy atom. The number of nitrogens with zero attached hydrogens (tertiary/aromatic N) is 1. The predicted octanol–water partition coefficient (Wildman–Crippen LogP) is 6.39. The lowest BCUT2D eigenvalue weighted by molar-refractivity contribution is -0.136. The van der Waals surface area contributed by atoms with Crippen LogP contribution in [0, 0.1) is 17.2 Å². The molecule has 1 fully saturated rings. The van der Waals surface area contributed by atoms with E-state index >= 15 is 0 Å². The van der Waals surface area contributed by atoms with Gasteiger partial charge in [-0.1, -0.05) is 32.9 Å². The Morgan fingerprint density at radius 1 is 1.10 bits per heavy atom. The molecule has 1 aliphatic rings. The lowest BCUT2D eigenvalue weighted by Crippen LogP contribution is -2.30. The number of carboxylic acid groups (broad SMARTS) is 1. The molecular weight excluding hydrogens is 393 g/mol. The third-order valence-electron chi connectivity index (χ3n) is 6.35. The van der Waals surface area contributed by atoms with Gasteiger partial charge in [-0.05, 0) is 72.4 Å². The molecule has 2 aromatic carbocycles. The van der Waals surface area contributed by atoms with Crippen LogP contribution in [0.3, 0.4) is 0 Å². The summed E-state index contributed by atoms with van der Waals surface area (Å²) in [6.45, 7) is 7.30. The summed E-state index contributed by atoms with van der Waals surface area (Å²) in [5.74, 6) is 0.127. The summed E-state index contributed by atoms with van der Waals surface area (Å²) in [6.07, 6.45) is 4.47. The van der Waals surface area contributed by atoms with Gasteiger partial charge in [0.2, 0.25) is 0 Å². The van der Waals surface area contributed by atoms with Crippen molar-refractivity contribution in [2.24, 2.45) is 11.3 Å². The van der Waals surface area contributed by atoms with Gasteiger partial charge < -0.3 is 14.7 Å². The highest BCUT2D eigenvalue weighted by atomic mass is 19.1. The molecule has 5 heteroatoms. The van der Waals surface area contributed by atoms with Crippen molar-refractivity contribution in [3.63, 3.8) is 0 Å². The highest BCUT2D eigenvalue weighted by Gasteiger charge is 2.30. The summed E-state index contributed by atoms with van der Waals surface area (Å²) in [6, 6.07) is 12.6. The van der Waals surface area contributed by atoms with Crippen molar-refractivity contribution in [1.29, 1.82) is 0 Å². The largest absolute Gasteiger partial charge is 0.490 e. The normalized spacial score (nSPS) is 19.1. The maximum atomic E-state index is 14.4. The zero-order chi connectivity index (χ0) is 22.6. The van der Waals surface area contributed by atoms with Crippen LogP contribution in [0.5, 0.6) is 5.75 Å². The van der Waals surface area contributed by atoms with E-state index in [2.05, 4.69) is 20.8 Å². The standard InChI is InChI=1S/C26H34FNO3/c1-26(2,3)20-8-10-23(11-9-20)31-24-16-19(14-21(27)17-24)18-6-5-7-22(15-18)28(4)13-12-25(29)30/h5-7,14-17,20,23H,8-13H2,1-4H3,(H,29,30). The molecular formula is C26H34FNO3. The summed E-state index contributed by atoms with van der Waals surface area (Å²) >= 11 is 0. The van der Waals surface area contributed by atoms with E-state index in [-0.39, 0.29) is 18.3 Å². The fourth-order valence-corrected chi connectivity index (χ4v) is 4.35. The second kappa shape index (κ2) is 9.71. The van der Waals surface area contributed by atoms with Crippen LogP contribution >= 0.6 is 0 Å². The molecule has 1 aliphatic carbocycles. The van der Waals surface area contributed by atoms with Crippen LogP contribution in [0.25, 0.3) is 11.1 Å². The molecule has 0 saturated heterocycles. The van der Waals surface area contributed by atoms with E-state index in [1.807, 2.05) is 42.3 Å². The van der Waals surface area contributed by atoms with Gasteiger partial charge in [-0.3, -0.25) is 4.79 Å². The van der Waals surface area contributed by atoms with Gasteiger partial charge in [0, 0.05) is 25.3 Å². The van der Waals surface area contributed by atoms with Gasteiger partial charge in [-0.15, -0.1) is 0 Å². The van der Waals surface area contributed by atoms with Crippen LogP contribution in [0.1, 0.15) is 52.9 Å². The van der Waals surface area contributed by atoms with E-state index in [0.29, 0.717) is 23.6 Å². The fourth-order valence-electron chi connectivity index (χ4n) is 4.35. The highest BCUT2D eigenvalue weighted by molar-refractivity contribution is 5.71. The summed E-state index contributed by atoms with van der Waals surface area (Å²) < 4.78 is 20.6. The molecule has 2 aromatic rings. The number of hydrogen-bond donors (Lipinski definition) is 1. The monoisotopic (exact) mass is 427 g/mol. The Labute approximate surface area is 185 Å². The zero-order valence-electron chi connectivity index (χ0n) is 19.0. The topological polar surface area (TPSA) is 49.8 Å². The minimum atomic E-state index is -0.827. The molecule has 0 amide bonds. The van der Waals surface area contributed by atoms with Gasteiger partial charge in [0.15, 0.2) is 0 Å². The van der Waals surface area contributed by atoms with E-state index in [0.717, 1.165) is 42.5 Å². The molecule has 1 saturated carbocycles. The molecule has 0 spiro atoms.